The van der Waals surface area contributed by atoms with E-state index in [4.69, 9.17) is 4.74 Å². The van der Waals surface area contributed by atoms with Crippen LogP contribution in [0.5, 0.6) is 5.75 Å². The Kier molecular flexibility index (Phi) is 3.82. The van der Waals surface area contributed by atoms with Crippen LogP contribution in [0.2, 0.25) is 0 Å². The lowest BCUT2D eigenvalue weighted by Crippen LogP contribution is -2.09. The van der Waals surface area contributed by atoms with Gasteiger partial charge in [-0.05, 0) is 25.1 Å². The Balaban J connectivity index is 2.21. The van der Waals surface area contributed by atoms with Gasteiger partial charge >= 0.3 is 0 Å². The molecule has 0 amide bonds. The molecule has 2 aromatic carbocycles. The zero-order chi connectivity index (χ0) is 13.0. The maximum atomic E-state index is 13.7. The number of hydrogen-bond donors (Lipinski definition) is 1. The predicted molar refractivity (Wildman–Crippen MR) is 71.4 cm³/mol. The first-order valence-electron chi connectivity index (χ1n) is 5.86. The maximum absolute atomic E-state index is 13.7. The Morgan fingerprint density at radius 3 is 2.44 bits per heavy atom. The fraction of sp³-hybridized carbons (Fsp3) is 0.200. The van der Waals surface area contributed by atoms with Crippen molar-refractivity contribution in [2.24, 2.45) is 0 Å². The van der Waals surface area contributed by atoms with Crippen LogP contribution in [0.15, 0.2) is 48.5 Å². The van der Waals surface area contributed by atoms with Crippen molar-refractivity contribution in [3.05, 3.63) is 59.9 Å². The molecule has 18 heavy (non-hydrogen) atoms. The van der Waals surface area contributed by atoms with E-state index in [0.717, 1.165) is 11.4 Å². The quantitative estimate of drug-likeness (QED) is 0.878. The number of hydrogen-bond acceptors (Lipinski definition) is 2. The number of para-hydroxylation sites is 2. The van der Waals surface area contributed by atoms with Crippen LogP contribution >= 0.6 is 0 Å². The summed E-state index contributed by atoms with van der Waals surface area (Å²) in [5, 5.41) is 3.25. The summed E-state index contributed by atoms with van der Waals surface area (Å²) in [7, 11) is 1.62. The molecule has 0 aliphatic rings. The minimum Gasteiger partial charge on any atom is -0.495 e. The van der Waals surface area contributed by atoms with Crippen LogP contribution in [-0.2, 0) is 0 Å². The highest BCUT2D eigenvalue weighted by atomic mass is 19.1. The first kappa shape index (κ1) is 12.4. The molecular weight excluding hydrogens is 229 g/mol. The van der Waals surface area contributed by atoms with Gasteiger partial charge in [0.05, 0.1) is 18.8 Å². The first-order valence-corrected chi connectivity index (χ1v) is 5.86. The van der Waals surface area contributed by atoms with Crippen LogP contribution in [0.4, 0.5) is 10.1 Å². The Morgan fingerprint density at radius 2 is 1.72 bits per heavy atom. The number of rotatable bonds is 4. The minimum atomic E-state index is -0.201. The van der Waals surface area contributed by atoms with Gasteiger partial charge in [0.15, 0.2) is 0 Å². The zero-order valence-corrected chi connectivity index (χ0v) is 10.5. The molecule has 3 heteroatoms. The largest absolute Gasteiger partial charge is 0.495 e. The van der Waals surface area contributed by atoms with Crippen LogP contribution < -0.4 is 10.1 Å². The third-order valence-electron chi connectivity index (χ3n) is 2.85. The van der Waals surface area contributed by atoms with E-state index in [9.17, 15) is 4.39 Å². The van der Waals surface area contributed by atoms with E-state index in [0.29, 0.717) is 5.56 Å². The Morgan fingerprint density at radius 1 is 1.06 bits per heavy atom. The number of halogens is 1. The molecule has 0 bridgehead atoms. The van der Waals surface area contributed by atoms with Gasteiger partial charge in [-0.3, -0.25) is 0 Å². The summed E-state index contributed by atoms with van der Waals surface area (Å²) in [6, 6.07) is 14.2. The van der Waals surface area contributed by atoms with Crippen molar-refractivity contribution < 1.29 is 9.13 Å². The second kappa shape index (κ2) is 5.54. The lowest BCUT2D eigenvalue weighted by Gasteiger charge is -2.18. The molecule has 2 nitrogen and oxygen atoms in total. The predicted octanol–water partition coefficient (Wildman–Crippen LogP) is 4.01. The normalized spacial score (nSPS) is 11.9. The van der Waals surface area contributed by atoms with Gasteiger partial charge in [0, 0.05) is 5.56 Å². The van der Waals surface area contributed by atoms with E-state index in [1.165, 1.54) is 6.07 Å². The van der Waals surface area contributed by atoms with Crippen molar-refractivity contribution >= 4 is 5.69 Å². The summed E-state index contributed by atoms with van der Waals surface area (Å²) < 4.78 is 18.9. The SMILES string of the molecule is COc1ccccc1NC(C)c1ccccc1F. The number of anilines is 1. The minimum absolute atomic E-state index is 0.123. The monoisotopic (exact) mass is 245 g/mol. The van der Waals surface area contributed by atoms with Crippen molar-refractivity contribution in [2.75, 3.05) is 12.4 Å². The molecule has 0 radical (unpaired) electrons. The molecule has 0 heterocycles. The van der Waals surface area contributed by atoms with Gasteiger partial charge in [-0.2, -0.15) is 0 Å². The molecule has 2 rings (SSSR count). The van der Waals surface area contributed by atoms with Gasteiger partial charge in [-0.15, -0.1) is 0 Å². The molecule has 1 unspecified atom stereocenters. The number of ether oxygens (including phenoxy) is 1. The summed E-state index contributed by atoms with van der Waals surface area (Å²) in [4.78, 5) is 0. The van der Waals surface area contributed by atoms with Crippen molar-refractivity contribution in [3.8, 4) is 5.75 Å². The Hall–Kier alpha value is -2.03. The van der Waals surface area contributed by atoms with Gasteiger partial charge in [0.2, 0.25) is 0 Å². The molecule has 1 N–H and O–H groups in total. The van der Waals surface area contributed by atoms with Gasteiger partial charge in [0.25, 0.3) is 0 Å². The number of methoxy groups -OCH3 is 1. The van der Waals surface area contributed by atoms with Gasteiger partial charge in [0.1, 0.15) is 11.6 Å². The molecular formula is C15H16FNO. The fourth-order valence-corrected chi connectivity index (χ4v) is 1.90. The van der Waals surface area contributed by atoms with Crippen LogP contribution in [0.25, 0.3) is 0 Å². The number of nitrogens with one attached hydrogen (secondary N) is 1. The van der Waals surface area contributed by atoms with E-state index < -0.39 is 0 Å². The lowest BCUT2D eigenvalue weighted by atomic mass is 10.1. The molecule has 1 atom stereocenters. The molecule has 0 saturated heterocycles. The zero-order valence-electron chi connectivity index (χ0n) is 10.5. The topological polar surface area (TPSA) is 21.3 Å². The van der Waals surface area contributed by atoms with Gasteiger partial charge < -0.3 is 10.1 Å². The highest BCUT2D eigenvalue weighted by Gasteiger charge is 2.11. The van der Waals surface area contributed by atoms with Crippen molar-refractivity contribution in [1.29, 1.82) is 0 Å². The standard InChI is InChI=1S/C15H16FNO/c1-11(12-7-3-4-8-13(12)16)17-14-9-5-6-10-15(14)18-2/h3-11,17H,1-2H3. The molecule has 0 aliphatic heterocycles. The lowest BCUT2D eigenvalue weighted by molar-refractivity contribution is 0.416. The van der Waals surface area contributed by atoms with E-state index in [1.54, 1.807) is 19.2 Å². The van der Waals surface area contributed by atoms with E-state index >= 15 is 0 Å². The molecule has 0 spiro atoms. The average Bonchev–Trinajstić information content (AvgIpc) is 2.39. The highest BCUT2D eigenvalue weighted by molar-refractivity contribution is 5.57. The van der Waals surface area contributed by atoms with Crippen molar-refractivity contribution in [3.63, 3.8) is 0 Å². The van der Waals surface area contributed by atoms with E-state index in [1.807, 2.05) is 37.3 Å². The Bertz CT molecular complexity index is 527. The third-order valence-corrected chi connectivity index (χ3v) is 2.85. The smallest absolute Gasteiger partial charge is 0.141 e. The number of benzene rings is 2. The summed E-state index contributed by atoms with van der Waals surface area (Å²) in [5.41, 5.74) is 1.50. The third kappa shape index (κ3) is 2.62. The summed E-state index contributed by atoms with van der Waals surface area (Å²) >= 11 is 0. The molecule has 0 saturated carbocycles. The maximum Gasteiger partial charge on any atom is 0.141 e. The molecule has 94 valence electrons. The van der Waals surface area contributed by atoms with Crippen LogP contribution in [-0.4, -0.2) is 7.11 Å². The van der Waals surface area contributed by atoms with Crippen molar-refractivity contribution in [1.82, 2.24) is 0 Å². The Labute approximate surface area is 106 Å². The molecule has 0 aliphatic carbocycles. The molecule has 2 aromatic rings. The van der Waals surface area contributed by atoms with E-state index in [2.05, 4.69) is 5.32 Å². The van der Waals surface area contributed by atoms with Gasteiger partial charge in [-0.25, -0.2) is 4.39 Å². The molecule has 0 fully saturated rings. The van der Waals surface area contributed by atoms with Crippen molar-refractivity contribution in [2.45, 2.75) is 13.0 Å². The van der Waals surface area contributed by atoms with Crippen LogP contribution in [0.3, 0.4) is 0 Å². The summed E-state index contributed by atoms with van der Waals surface area (Å²) in [6.45, 7) is 1.92. The van der Waals surface area contributed by atoms with Crippen LogP contribution in [0.1, 0.15) is 18.5 Å². The summed E-state index contributed by atoms with van der Waals surface area (Å²) in [5.74, 6) is 0.549. The second-order valence-corrected chi connectivity index (χ2v) is 4.09. The first-order chi connectivity index (χ1) is 8.72. The average molecular weight is 245 g/mol. The fourth-order valence-electron chi connectivity index (χ4n) is 1.90. The van der Waals surface area contributed by atoms with Gasteiger partial charge in [-0.1, -0.05) is 30.3 Å². The second-order valence-electron chi connectivity index (χ2n) is 4.09. The van der Waals surface area contributed by atoms with E-state index in [-0.39, 0.29) is 11.9 Å². The highest BCUT2D eigenvalue weighted by Crippen LogP contribution is 2.28. The summed E-state index contributed by atoms with van der Waals surface area (Å²) in [6.07, 6.45) is 0. The van der Waals surface area contributed by atoms with Crippen LogP contribution in [0, 0.1) is 5.82 Å². The molecule has 0 aromatic heterocycles.